The molecule has 0 fully saturated rings. The van der Waals surface area contributed by atoms with E-state index in [2.05, 4.69) is 26.0 Å². The summed E-state index contributed by atoms with van der Waals surface area (Å²) in [7, 11) is 1.54. The third kappa shape index (κ3) is 3.78. The van der Waals surface area contributed by atoms with Gasteiger partial charge in [0.05, 0.1) is 13.7 Å². The number of anilines is 1. The number of H-pyrrole nitrogens is 1. The Labute approximate surface area is 148 Å². The second kappa shape index (κ2) is 7.62. The first-order valence-electron chi connectivity index (χ1n) is 7.78. The van der Waals surface area contributed by atoms with Crippen LogP contribution in [0.4, 0.5) is 5.69 Å². The van der Waals surface area contributed by atoms with Gasteiger partial charge in [-0.3, -0.25) is 9.59 Å². The highest BCUT2D eigenvalue weighted by Crippen LogP contribution is 2.15. The molecule has 9 nitrogen and oxygen atoms in total. The topological polar surface area (TPSA) is 129 Å². The number of hydrogen-bond acceptors (Lipinski definition) is 6. The fourth-order valence-electron chi connectivity index (χ4n) is 2.32. The van der Waals surface area contributed by atoms with Gasteiger partial charge in [0.15, 0.2) is 0 Å². The number of aromatic amines is 1. The number of nitrogens with zero attached hydrogens (tertiary/aromatic N) is 2. The van der Waals surface area contributed by atoms with Gasteiger partial charge in [0.25, 0.3) is 5.91 Å². The van der Waals surface area contributed by atoms with Gasteiger partial charge in [-0.15, -0.1) is 0 Å². The average Bonchev–Trinajstić information content (AvgIpc) is 3.14. The Bertz CT molecular complexity index is 922. The summed E-state index contributed by atoms with van der Waals surface area (Å²) in [5.74, 6) is -0.384. The second-order valence-corrected chi connectivity index (χ2v) is 5.45. The quantitative estimate of drug-likeness (QED) is 0.515. The maximum Gasteiger partial charge on any atom is 0.252 e. The summed E-state index contributed by atoms with van der Waals surface area (Å²) in [6.45, 7) is -0.542. The van der Waals surface area contributed by atoms with E-state index in [1.165, 1.54) is 0 Å². The normalized spacial score (nSPS) is 11.8. The minimum absolute atomic E-state index is 0.307. The van der Waals surface area contributed by atoms with Crippen molar-refractivity contribution >= 4 is 28.5 Å². The van der Waals surface area contributed by atoms with Crippen LogP contribution in [0.3, 0.4) is 0 Å². The maximum absolute atomic E-state index is 12.3. The number of ether oxygens (including phenoxy) is 1. The number of amides is 2. The first kappa shape index (κ1) is 17.4. The highest BCUT2D eigenvalue weighted by molar-refractivity contribution is 6.02. The molecule has 2 aromatic carbocycles. The molecule has 0 bridgehead atoms. The van der Waals surface area contributed by atoms with Gasteiger partial charge in [0.1, 0.15) is 22.8 Å². The Hall–Kier alpha value is -3.46. The minimum Gasteiger partial charge on any atom is -0.497 e. The Morgan fingerprint density at radius 1 is 1.15 bits per heavy atom. The van der Waals surface area contributed by atoms with Crippen LogP contribution in [0, 0.1) is 0 Å². The van der Waals surface area contributed by atoms with Crippen LogP contribution < -0.4 is 15.4 Å². The number of aromatic nitrogens is 3. The molecule has 9 heteroatoms. The van der Waals surface area contributed by atoms with E-state index in [0.717, 1.165) is 0 Å². The number of hydrogen-bond donors (Lipinski definition) is 4. The van der Waals surface area contributed by atoms with E-state index in [0.29, 0.717) is 28.0 Å². The van der Waals surface area contributed by atoms with Crippen molar-refractivity contribution in [2.24, 2.45) is 0 Å². The second-order valence-electron chi connectivity index (χ2n) is 5.45. The number of benzene rings is 2. The van der Waals surface area contributed by atoms with Crippen molar-refractivity contribution in [2.75, 3.05) is 19.0 Å². The molecular formula is C17H17N5O4. The number of carbonyl (C=O) groups excluding carboxylic acids is 2. The van der Waals surface area contributed by atoms with Crippen molar-refractivity contribution in [3.8, 4) is 5.75 Å². The zero-order chi connectivity index (χ0) is 18.5. The van der Waals surface area contributed by atoms with Crippen molar-refractivity contribution < 1.29 is 19.4 Å². The lowest BCUT2D eigenvalue weighted by molar-refractivity contribution is -0.118. The van der Waals surface area contributed by atoms with Crippen molar-refractivity contribution in [1.29, 1.82) is 0 Å². The van der Waals surface area contributed by atoms with Gasteiger partial charge in [-0.25, -0.2) is 0 Å². The molecule has 4 N–H and O–H groups in total. The highest BCUT2D eigenvalue weighted by atomic mass is 16.5. The first-order valence-corrected chi connectivity index (χ1v) is 7.78. The molecule has 3 rings (SSSR count). The summed E-state index contributed by atoms with van der Waals surface area (Å²) in [6, 6.07) is 10.3. The molecule has 26 heavy (non-hydrogen) atoms. The Kier molecular flexibility index (Phi) is 5.09. The van der Waals surface area contributed by atoms with Crippen molar-refractivity contribution in [2.45, 2.75) is 6.04 Å². The van der Waals surface area contributed by atoms with Gasteiger partial charge < -0.3 is 20.5 Å². The third-order valence-electron chi connectivity index (χ3n) is 3.74. The lowest BCUT2D eigenvalue weighted by atomic mass is 10.1. The predicted molar refractivity (Wildman–Crippen MR) is 93.9 cm³/mol. The van der Waals surface area contributed by atoms with E-state index in [-0.39, 0.29) is 0 Å². The smallest absolute Gasteiger partial charge is 0.252 e. The molecule has 3 aromatic rings. The molecule has 0 unspecified atom stereocenters. The van der Waals surface area contributed by atoms with Crippen LogP contribution >= 0.6 is 0 Å². The van der Waals surface area contributed by atoms with Crippen molar-refractivity contribution in [1.82, 2.24) is 20.7 Å². The largest absolute Gasteiger partial charge is 0.497 e. The van der Waals surface area contributed by atoms with Gasteiger partial charge >= 0.3 is 0 Å². The van der Waals surface area contributed by atoms with E-state index < -0.39 is 24.5 Å². The molecule has 134 valence electrons. The molecule has 0 spiro atoms. The molecular weight excluding hydrogens is 338 g/mol. The van der Waals surface area contributed by atoms with Crippen LogP contribution in [0.15, 0.2) is 42.5 Å². The molecule has 0 saturated heterocycles. The average molecular weight is 355 g/mol. The standard InChI is InChI=1S/C17H17N5O4/c1-26-12-5-3-11(4-6-12)18-17(25)15(9-23)19-16(24)10-2-7-13-14(8-10)21-22-20-13/h2-8,15,23H,9H2,1H3,(H,18,25)(H,19,24)(H,20,21,22)/t15-/m0/s1. The Balaban J connectivity index is 1.66. The SMILES string of the molecule is COc1ccc(NC(=O)[C@H](CO)NC(=O)c2ccc3n[nH]nc3c2)cc1. The van der Waals surface area contributed by atoms with E-state index in [9.17, 15) is 14.7 Å². The molecule has 1 heterocycles. The maximum atomic E-state index is 12.3. The number of fused-ring (bicyclic) bond motifs is 1. The van der Waals surface area contributed by atoms with Gasteiger partial charge in [-0.2, -0.15) is 15.4 Å². The molecule has 0 aliphatic rings. The zero-order valence-electron chi connectivity index (χ0n) is 13.9. The molecule has 0 aliphatic heterocycles. The first-order chi connectivity index (χ1) is 12.6. The van der Waals surface area contributed by atoms with Crippen LogP contribution in [0.25, 0.3) is 11.0 Å². The summed E-state index contributed by atoms with van der Waals surface area (Å²) in [6.07, 6.45) is 0. The Morgan fingerprint density at radius 2 is 1.88 bits per heavy atom. The number of nitrogens with one attached hydrogen (secondary N) is 3. The van der Waals surface area contributed by atoms with Crippen LogP contribution in [-0.4, -0.2) is 52.1 Å². The number of carbonyl (C=O) groups is 2. The van der Waals surface area contributed by atoms with E-state index in [1.54, 1.807) is 49.6 Å². The summed E-state index contributed by atoms with van der Waals surface area (Å²) in [5.41, 5.74) is 1.98. The summed E-state index contributed by atoms with van der Waals surface area (Å²) >= 11 is 0. The summed E-state index contributed by atoms with van der Waals surface area (Å²) in [4.78, 5) is 24.6. The fraction of sp³-hybridized carbons (Fsp3) is 0.176. The molecule has 0 aliphatic carbocycles. The van der Waals surface area contributed by atoms with Crippen molar-refractivity contribution in [3.63, 3.8) is 0 Å². The van der Waals surface area contributed by atoms with Crippen molar-refractivity contribution in [3.05, 3.63) is 48.0 Å². The highest BCUT2D eigenvalue weighted by Gasteiger charge is 2.21. The van der Waals surface area contributed by atoms with Gasteiger partial charge in [0, 0.05) is 11.3 Å². The fourth-order valence-corrected chi connectivity index (χ4v) is 2.32. The lowest BCUT2D eigenvalue weighted by Crippen LogP contribution is -2.46. The van der Waals surface area contributed by atoms with E-state index >= 15 is 0 Å². The number of aliphatic hydroxyl groups excluding tert-OH is 1. The Morgan fingerprint density at radius 3 is 2.58 bits per heavy atom. The van der Waals surface area contributed by atoms with Crippen LogP contribution in [-0.2, 0) is 4.79 Å². The van der Waals surface area contributed by atoms with E-state index in [4.69, 9.17) is 4.74 Å². The zero-order valence-corrected chi connectivity index (χ0v) is 13.9. The third-order valence-corrected chi connectivity index (χ3v) is 3.74. The van der Waals surface area contributed by atoms with Crippen LogP contribution in [0.2, 0.25) is 0 Å². The monoisotopic (exact) mass is 355 g/mol. The summed E-state index contributed by atoms with van der Waals surface area (Å²) in [5, 5.41) is 24.9. The van der Waals surface area contributed by atoms with Gasteiger partial charge in [0.2, 0.25) is 5.91 Å². The number of aliphatic hydroxyl groups is 1. The molecule has 2 amide bonds. The van der Waals surface area contributed by atoms with E-state index in [1.807, 2.05) is 0 Å². The number of rotatable bonds is 6. The number of methoxy groups -OCH3 is 1. The lowest BCUT2D eigenvalue weighted by Gasteiger charge is -2.16. The van der Waals surface area contributed by atoms with Crippen LogP contribution in [0.5, 0.6) is 5.75 Å². The summed E-state index contributed by atoms with van der Waals surface area (Å²) < 4.78 is 5.05. The minimum atomic E-state index is -1.10. The molecule has 1 aromatic heterocycles. The van der Waals surface area contributed by atoms with Gasteiger partial charge in [-0.1, -0.05) is 0 Å². The molecule has 0 radical (unpaired) electrons. The predicted octanol–water partition coefficient (Wildman–Crippen LogP) is 0.696. The molecule has 0 saturated carbocycles. The molecule has 1 atom stereocenters. The van der Waals surface area contributed by atoms with Gasteiger partial charge in [-0.05, 0) is 42.5 Å². The van der Waals surface area contributed by atoms with Crippen LogP contribution in [0.1, 0.15) is 10.4 Å².